The first-order valence-electron chi connectivity index (χ1n) is 13.3. The van der Waals surface area contributed by atoms with Crippen molar-refractivity contribution in [3.05, 3.63) is 94.8 Å². The minimum absolute atomic E-state index is 0.0847. The van der Waals surface area contributed by atoms with E-state index < -0.39 is 12.0 Å². The van der Waals surface area contributed by atoms with E-state index in [0.717, 1.165) is 22.0 Å². The minimum Gasteiger partial charge on any atom is -0.507 e. The van der Waals surface area contributed by atoms with E-state index in [2.05, 4.69) is 10.3 Å². The van der Waals surface area contributed by atoms with Crippen LogP contribution in [0.2, 0.25) is 0 Å². The third-order valence-corrected chi connectivity index (χ3v) is 6.83. The number of aromatic amines is 1. The van der Waals surface area contributed by atoms with Crippen LogP contribution in [0.4, 0.5) is 0 Å². The molecule has 5 aromatic rings. The maximum absolute atomic E-state index is 12.6. The Hall–Kier alpha value is -5.05. The molecule has 5 rings (SSSR count). The number of methoxy groups -OCH3 is 1. The van der Waals surface area contributed by atoms with Gasteiger partial charge in [0, 0.05) is 53.7 Å². The molecule has 2 aromatic heterocycles. The quantitative estimate of drug-likeness (QED) is 0.153. The first-order chi connectivity index (χ1) is 19.9. The van der Waals surface area contributed by atoms with Gasteiger partial charge in [0.05, 0.1) is 13.7 Å². The summed E-state index contributed by atoms with van der Waals surface area (Å²) in [5.74, 6) is -0.267. The molecule has 0 radical (unpaired) electrons. The number of rotatable bonds is 11. The highest BCUT2D eigenvalue weighted by atomic mass is 16.5. The number of amides is 1. The molecule has 2 heterocycles. The number of phenolic OH excluding ortho intramolecular Hbond substituents is 1. The monoisotopic (exact) mass is 554 g/mol. The van der Waals surface area contributed by atoms with Gasteiger partial charge in [-0.15, -0.1) is 0 Å². The number of aromatic nitrogens is 1. The number of esters is 1. The van der Waals surface area contributed by atoms with Crippen LogP contribution in [0, 0.1) is 0 Å². The van der Waals surface area contributed by atoms with E-state index in [-0.39, 0.29) is 41.1 Å². The number of nitrogens with one attached hydrogen (secondary N) is 2. The third-order valence-electron chi connectivity index (χ3n) is 6.83. The first-order valence-corrected chi connectivity index (χ1v) is 13.3. The fourth-order valence-electron chi connectivity index (χ4n) is 4.77. The largest absolute Gasteiger partial charge is 0.507 e. The average Bonchev–Trinajstić information content (AvgIpc) is 3.39. The van der Waals surface area contributed by atoms with E-state index in [9.17, 15) is 19.5 Å². The summed E-state index contributed by atoms with van der Waals surface area (Å²) in [5, 5.41) is 14.3. The van der Waals surface area contributed by atoms with Crippen LogP contribution in [-0.4, -0.2) is 41.7 Å². The average molecular weight is 555 g/mol. The molecule has 0 fully saturated rings. The summed E-state index contributed by atoms with van der Waals surface area (Å²) in [6.07, 6.45) is 3.40. The number of unbranched alkanes of at least 4 members (excludes halogenated alkanes) is 1. The highest BCUT2D eigenvalue weighted by Gasteiger charge is 2.23. The molecular formula is C32H30N2O7. The Labute approximate surface area is 235 Å². The molecule has 1 amide bonds. The van der Waals surface area contributed by atoms with Gasteiger partial charge in [-0.2, -0.15) is 0 Å². The molecule has 41 heavy (non-hydrogen) atoms. The number of H-pyrrole nitrogens is 1. The van der Waals surface area contributed by atoms with Crippen molar-refractivity contribution in [2.75, 3.05) is 13.7 Å². The van der Waals surface area contributed by atoms with Gasteiger partial charge in [-0.25, -0.2) is 4.79 Å². The first kappa shape index (κ1) is 27.5. The SMILES string of the molecule is COC(=O)[C@H](Cc1c[nH]c2ccccc12)NC(=O)CCCCOc1cc(O)c2c(=O)cc(-c3ccccc3)oc2c1. The fraction of sp³-hybridized carbons (Fsp3) is 0.219. The minimum atomic E-state index is -0.807. The molecule has 0 aliphatic heterocycles. The number of benzene rings is 3. The number of ether oxygens (including phenoxy) is 2. The number of para-hydroxylation sites is 1. The van der Waals surface area contributed by atoms with Gasteiger partial charge in [-0.1, -0.05) is 48.5 Å². The summed E-state index contributed by atoms with van der Waals surface area (Å²) in [4.78, 5) is 40.8. The van der Waals surface area contributed by atoms with Crippen molar-refractivity contribution in [2.45, 2.75) is 31.7 Å². The Morgan fingerprint density at radius 2 is 1.80 bits per heavy atom. The predicted octanol–water partition coefficient (Wildman–Crippen LogP) is 5.10. The van der Waals surface area contributed by atoms with Crippen LogP contribution in [0.3, 0.4) is 0 Å². The second-order valence-electron chi connectivity index (χ2n) is 9.67. The zero-order valence-electron chi connectivity index (χ0n) is 22.5. The van der Waals surface area contributed by atoms with Gasteiger partial charge in [0.1, 0.15) is 34.3 Å². The lowest BCUT2D eigenvalue weighted by atomic mass is 10.0. The third kappa shape index (κ3) is 6.41. The van der Waals surface area contributed by atoms with Crippen molar-refractivity contribution < 1.29 is 28.6 Å². The Balaban J connectivity index is 1.15. The Morgan fingerprint density at radius 3 is 2.61 bits per heavy atom. The van der Waals surface area contributed by atoms with Crippen molar-refractivity contribution in [1.82, 2.24) is 10.3 Å². The van der Waals surface area contributed by atoms with E-state index in [1.807, 2.05) is 60.8 Å². The number of aromatic hydroxyl groups is 1. The van der Waals surface area contributed by atoms with Gasteiger partial charge in [0.25, 0.3) is 0 Å². The zero-order chi connectivity index (χ0) is 28.8. The number of fused-ring (bicyclic) bond motifs is 2. The van der Waals surface area contributed by atoms with Crippen molar-refractivity contribution in [3.63, 3.8) is 0 Å². The molecule has 1 atom stereocenters. The number of carbonyl (C=O) groups excluding carboxylic acids is 2. The normalized spacial score (nSPS) is 11.8. The Bertz CT molecular complexity index is 1740. The number of phenols is 1. The highest BCUT2D eigenvalue weighted by Crippen LogP contribution is 2.31. The molecule has 210 valence electrons. The van der Waals surface area contributed by atoms with Crippen LogP contribution in [0.5, 0.6) is 11.5 Å². The van der Waals surface area contributed by atoms with Crippen LogP contribution < -0.4 is 15.5 Å². The summed E-state index contributed by atoms with van der Waals surface area (Å²) in [7, 11) is 1.30. The van der Waals surface area contributed by atoms with Crippen molar-refractivity contribution >= 4 is 33.7 Å². The summed E-state index contributed by atoms with van der Waals surface area (Å²) < 4.78 is 16.6. The summed E-state index contributed by atoms with van der Waals surface area (Å²) in [5.41, 5.74) is 2.47. The summed E-state index contributed by atoms with van der Waals surface area (Å²) >= 11 is 0. The van der Waals surface area contributed by atoms with Crippen LogP contribution in [0.15, 0.2) is 88.2 Å². The lowest BCUT2D eigenvalue weighted by molar-refractivity contribution is -0.145. The van der Waals surface area contributed by atoms with Gasteiger partial charge >= 0.3 is 5.97 Å². The van der Waals surface area contributed by atoms with Crippen LogP contribution in [-0.2, 0) is 20.7 Å². The molecule has 0 saturated carbocycles. The molecule has 0 unspecified atom stereocenters. The number of hydrogen-bond acceptors (Lipinski definition) is 7. The topological polar surface area (TPSA) is 131 Å². The predicted molar refractivity (Wildman–Crippen MR) is 155 cm³/mol. The van der Waals surface area contributed by atoms with Crippen LogP contribution >= 0.6 is 0 Å². The summed E-state index contributed by atoms with van der Waals surface area (Å²) in [6.45, 7) is 0.274. The Kier molecular flexibility index (Phi) is 8.34. The van der Waals surface area contributed by atoms with Crippen molar-refractivity contribution in [2.24, 2.45) is 0 Å². The molecular weight excluding hydrogens is 524 g/mol. The lowest BCUT2D eigenvalue weighted by Crippen LogP contribution is -2.43. The molecule has 3 aromatic carbocycles. The Morgan fingerprint density at radius 1 is 1.02 bits per heavy atom. The molecule has 9 heteroatoms. The second kappa shape index (κ2) is 12.4. The van der Waals surface area contributed by atoms with Gasteiger partial charge in [-0.05, 0) is 24.5 Å². The molecule has 0 saturated heterocycles. The van der Waals surface area contributed by atoms with E-state index in [4.69, 9.17) is 13.9 Å². The van der Waals surface area contributed by atoms with Crippen molar-refractivity contribution in [1.29, 1.82) is 0 Å². The maximum atomic E-state index is 12.6. The van der Waals surface area contributed by atoms with Gasteiger partial charge in [-0.3, -0.25) is 9.59 Å². The highest BCUT2D eigenvalue weighted by molar-refractivity contribution is 5.88. The van der Waals surface area contributed by atoms with Gasteiger partial charge in [0.2, 0.25) is 5.91 Å². The molecule has 0 spiro atoms. The summed E-state index contributed by atoms with van der Waals surface area (Å²) in [6, 6.07) is 20.5. The standard InChI is InChI=1S/C32H30N2O7/c1-39-32(38)25(15-21-19-33-24-12-6-5-11-23(21)24)34-30(37)13-7-8-14-40-22-16-26(35)31-27(36)18-28(41-29(31)17-22)20-9-3-2-4-10-20/h2-6,9-12,16-19,25,33,35H,7-8,13-15H2,1H3,(H,34,37)/t25-/m0/s1. The maximum Gasteiger partial charge on any atom is 0.328 e. The molecule has 0 aliphatic rings. The van der Waals surface area contributed by atoms with Crippen LogP contribution in [0.1, 0.15) is 24.8 Å². The fourth-order valence-corrected chi connectivity index (χ4v) is 4.77. The zero-order valence-corrected chi connectivity index (χ0v) is 22.5. The van der Waals surface area contributed by atoms with Crippen molar-refractivity contribution in [3.8, 4) is 22.8 Å². The molecule has 9 nitrogen and oxygen atoms in total. The van der Waals surface area contributed by atoms with Gasteiger partial charge < -0.3 is 29.3 Å². The molecule has 3 N–H and O–H groups in total. The smallest absolute Gasteiger partial charge is 0.328 e. The second-order valence-corrected chi connectivity index (χ2v) is 9.67. The van der Waals surface area contributed by atoms with Gasteiger partial charge in [0.15, 0.2) is 5.43 Å². The lowest BCUT2D eigenvalue weighted by Gasteiger charge is -2.16. The number of carbonyl (C=O) groups is 2. The molecule has 0 bridgehead atoms. The molecule has 0 aliphatic carbocycles. The van der Waals surface area contributed by atoms with E-state index >= 15 is 0 Å². The number of hydrogen-bond donors (Lipinski definition) is 3. The van der Waals surface area contributed by atoms with E-state index in [1.165, 1.54) is 19.2 Å². The van der Waals surface area contributed by atoms with E-state index in [0.29, 0.717) is 30.8 Å². The van der Waals surface area contributed by atoms with E-state index in [1.54, 1.807) is 6.07 Å². The van der Waals surface area contributed by atoms with Crippen LogP contribution in [0.25, 0.3) is 33.2 Å².